The Labute approximate surface area is 103 Å². The van der Waals surface area contributed by atoms with Gasteiger partial charge in [-0.2, -0.15) is 4.98 Å². The van der Waals surface area contributed by atoms with Crippen molar-refractivity contribution in [1.82, 2.24) is 10.1 Å². The zero-order chi connectivity index (χ0) is 13.0. The molecule has 7 heteroatoms. The van der Waals surface area contributed by atoms with Gasteiger partial charge in [-0.05, 0) is 19.8 Å². The van der Waals surface area contributed by atoms with Crippen LogP contribution in [-0.2, 0) is 4.74 Å². The summed E-state index contributed by atoms with van der Waals surface area (Å²) in [6.07, 6.45) is 4.24. The fourth-order valence-electron chi connectivity index (χ4n) is 1.50. The number of hydrogen-bond donors (Lipinski definition) is 2. The molecule has 7 nitrogen and oxygen atoms in total. The molecular formula is C11H14N2O5. The highest BCUT2D eigenvalue weighted by atomic mass is 16.5. The molecule has 1 atom stereocenters. The van der Waals surface area contributed by atoms with Gasteiger partial charge in [0.2, 0.25) is 0 Å². The second-order valence-electron chi connectivity index (χ2n) is 3.82. The van der Waals surface area contributed by atoms with Crippen LogP contribution in [0.4, 0.5) is 0 Å². The van der Waals surface area contributed by atoms with Crippen molar-refractivity contribution in [3.8, 4) is 11.5 Å². The Hall–Kier alpha value is -2.02. The van der Waals surface area contributed by atoms with Crippen molar-refractivity contribution >= 4 is 0 Å². The van der Waals surface area contributed by atoms with Crippen molar-refractivity contribution in [2.24, 2.45) is 0 Å². The van der Waals surface area contributed by atoms with E-state index in [2.05, 4.69) is 14.6 Å². The number of furan rings is 1. The van der Waals surface area contributed by atoms with Crippen LogP contribution in [0.1, 0.15) is 30.7 Å². The van der Waals surface area contributed by atoms with Crippen molar-refractivity contribution in [3.05, 3.63) is 24.2 Å². The van der Waals surface area contributed by atoms with Gasteiger partial charge in [-0.1, -0.05) is 5.16 Å². The zero-order valence-corrected chi connectivity index (χ0v) is 9.87. The van der Waals surface area contributed by atoms with Gasteiger partial charge < -0.3 is 23.9 Å². The van der Waals surface area contributed by atoms with Gasteiger partial charge in [-0.25, -0.2) is 0 Å². The van der Waals surface area contributed by atoms with Crippen LogP contribution in [0.3, 0.4) is 0 Å². The Kier molecular flexibility index (Phi) is 3.83. The third-order valence-corrected chi connectivity index (χ3v) is 2.37. The quantitative estimate of drug-likeness (QED) is 0.801. The normalized spacial score (nSPS) is 18.4. The summed E-state index contributed by atoms with van der Waals surface area (Å²) < 4.78 is 14.7. The lowest BCUT2D eigenvalue weighted by atomic mass is 10.2. The molecule has 0 aromatic carbocycles. The maximum Gasteiger partial charge on any atom is 0.255 e. The first-order valence-corrected chi connectivity index (χ1v) is 5.52. The Morgan fingerprint density at radius 2 is 2.00 bits per heavy atom. The lowest BCUT2D eigenvalue weighted by Gasteiger charge is -2.00. The maximum absolute atomic E-state index is 8.42. The summed E-state index contributed by atoms with van der Waals surface area (Å²) in [5.41, 5.74) is 0. The Bertz CT molecular complexity index is 471. The summed E-state index contributed by atoms with van der Waals surface area (Å²) >= 11 is 0. The molecule has 0 aliphatic carbocycles. The van der Waals surface area contributed by atoms with Gasteiger partial charge in [0.25, 0.3) is 5.89 Å². The number of aromatic nitrogens is 2. The van der Waals surface area contributed by atoms with E-state index in [-0.39, 0.29) is 17.6 Å². The fourth-order valence-corrected chi connectivity index (χ4v) is 1.50. The van der Waals surface area contributed by atoms with Crippen LogP contribution in [0.15, 0.2) is 21.5 Å². The van der Waals surface area contributed by atoms with E-state index in [1.54, 1.807) is 0 Å². The van der Waals surface area contributed by atoms with Crippen molar-refractivity contribution in [2.45, 2.75) is 25.9 Å². The van der Waals surface area contributed by atoms with E-state index in [9.17, 15) is 0 Å². The van der Waals surface area contributed by atoms with Crippen LogP contribution in [0, 0.1) is 6.92 Å². The molecule has 1 aliphatic heterocycles. The lowest BCUT2D eigenvalue weighted by molar-refractivity contribution is 0.0835. The molecule has 0 radical (unpaired) electrons. The van der Waals surface area contributed by atoms with Crippen molar-refractivity contribution in [2.75, 3.05) is 6.61 Å². The third-order valence-electron chi connectivity index (χ3n) is 2.37. The minimum atomic E-state index is -0.222. The molecule has 0 bridgehead atoms. The highest BCUT2D eigenvalue weighted by Gasteiger charge is 2.22. The van der Waals surface area contributed by atoms with Gasteiger partial charge >= 0.3 is 0 Å². The SMILES string of the molecule is Cc1noc(C2CCCO2)n1.Oc1cocc1O. The summed E-state index contributed by atoms with van der Waals surface area (Å²) in [5.74, 6) is 0.857. The number of aryl methyl sites for hydroxylation is 1. The summed E-state index contributed by atoms with van der Waals surface area (Å²) in [6.45, 7) is 2.62. The van der Waals surface area contributed by atoms with E-state index in [0.29, 0.717) is 11.7 Å². The second-order valence-corrected chi connectivity index (χ2v) is 3.82. The number of ether oxygens (including phenoxy) is 1. The summed E-state index contributed by atoms with van der Waals surface area (Å²) in [7, 11) is 0. The van der Waals surface area contributed by atoms with Crippen molar-refractivity contribution < 1.29 is 23.9 Å². The van der Waals surface area contributed by atoms with E-state index in [4.69, 9.17) is 19.5 Å². The minimum absolute atomic E-state index is 0.0520. The Balaban J connectivity index is 0.000000149. The highest BCUT2D eigenvalue weighted by molar-refractivity contribution is 5.30. The average Bonchev–Trinajstić information content (AvgIpc) is 3.04. The molecule has 1 unspecified atom stereocenters. The molecule has 1 saturated heterocycles. The molecule has 2 N–H and O–H groups in total. The average molecular weight is 254 g/mol. The van der Waals surface area contributed by atoms with Crippen LogP contribution in [0.25, 0.3) is 0 Å². The Morgan fingerprint density at radius 3 is 2.39 bits per heavy atom. The first-order valence-electron chi connectivity index (χ1n) is 5.52. The monoisotopic (exact) mass is 254 g/mol. The van der Waals surface area contributed by atoms with Crippen LogP contribution in [0.5, 0.6) is 11.5 Å². The molecule has 0 spiro atoms. The first kappa shape index (κ1) is 12.4. The number of aromatic hydroxyl groups is 2. The predicted molar refractivity (Wildman–Crippen MR) is 59.0 cm³/mol. The maximum atomic E-state index is 8.42. The molecule has 1 aliphatic rings. The van der Waals surface area contributed by atoms with E-state index >= 15 is 0 Å². The van der Waals surface area contributed by atoms with Crippen molar-refractivity contribution in [3.63, 3.8) is 0 Å². The van der Waals surface area contributed by atoms with Crippen LogP contribution in [-0.4, -0.2) is 27.0 Å². The molecule has 0 saturated carbocycles. The molecule has 3 rings (SSSR count). The van der Waals surface area contributed by atoms with Gasteiger partial charge in [0.05, 0.1) is 0 Å². The number of rotatable bonds is 1. The van der Waals surface area contributed by atoms with Crippen LogP contribution < -0.4 is 0 Å². The van der Waals surface area contributed by atoms with Gasteiger partial charge in [0, 0.05) is 6.61 Å². The molecule has 2 aromatic heterocycles. The van der Waals surface area contributed by atoms with Crippen LogP contribution >= 0.6 is 0 Å². The lowest BCUT2D eigenvalue weighted by Crippen LogP contribution is -1.95. The first-order chi connectivity index (χ1) is 8.66. The van der Waals surface area contributed by atoms with Crippen LogP contribution in [0.2, 0.25) is 0 Å². The molecule has 1 fully saturated rings. The summed E-state index contributed by atoms with van der Waals surface area (Å²) in [5, 5.41) is 20.5. The summed E-state index contributed by atoms with van der Waals surface area (Å²) in [6, 6.07) is 0. The Morgan fingerprint density at radius 1 is 1.28 bits per heavy atom. The number of hydrogen-bond acceptors (Lipinski definition) is 7. The molecular weight excluding hydrogens is 240 g/mol. The van der Waals surface area contributed by atoms with Gasteiger partial charge in [0.1, 0.15) is 18.6 Å². The largest absolute Gasteiger partial charge is 0.502 e. The zero-order valence-electron chi connectivity index (χ0n) is 9.87. The summed E-state index contributed by atoms with van der Waals surface area (Å²) in [4.78, 5) is 4.09. The second kappa shape index (κ2) is 5.54. The van der Waals surface area contributed by atoms with E-state index in [1.807, 2.05) is 6.92 Å². The van der Waals surface area contributed by atoms with E-state index in [1.165, 1.54) is 0 Å². The minimum Gasteiger partial charge on any atom is -0.502 e. The molecule has 18 heavy (non-hydrogen) atoms. The fraction of sp³-hybridized carbons (Fsp3) is 0.455. The molecule has 98 valence electrons. The smallest absolute Gasteiger partial charge is 0.255 e. The topological polar surface area (TPSA) is 102 Å². The highest BCUT2D eigenvalue weighted by Crippen LogP contribution is 2.26. The van der Waals surface area contributed by atoms with Gasteiger partial charge in [-0.3, -0.25) is 0 Å². The van der Waals surface area contributed by atoms with E-state index in [0.717, 1.165) is 32.0 Å². The molecule has 2 aromatic rings. The molecule has 0 amide bonds. The third kappa shape index (κ3) is 3.01. The van der Waals surface area contributed by atoms with E-state index < -0.39 is 0 Å². The standard InChI is InChI=1S/C7H10N2O2.C4H4O3/c1-5-8-7(11-9-5)6-3-2-4-10-6;5-3-1-7-2-4(3)6/h6H,2-4H2,1H3;1-2,5-6H. The molecule has 3 heterocycles. The van der Waals surface area contributed by atoms with Crippen molar-refractivity contribution in [1.29, 1.82) is 0 Å². The van der Waals surface area contributed by atoms with Gasteiger partial charge in [-0.15, -0.1) is 0 Å². The number of nitrogens with zero attached hydrogens (tertiary/aromatic N) is 2. The predicted octanol–water partition coefficient (Wildman–Crippen LogP) is 1.92. The van der Waals surface area contributed by atoms with Gasteiger partial charge in [0.15, 0.2) is 17.3 Å².